The Bertz CT molecular complexity index is 469. The highest BCUT2D eigenvalue weighted by Crippen LogP contribution is 2.32. The highest BCUT2D eigenvalue weighted by Gasteiger charge is 2.13. The van der Waals surface area contributed by atoms with Gasteiger partial charge in [0.2, 0.25) is 0 Å². The largest absolute Gasteiger partial charge is 0.493 e. The summed E-state index contributed by atoms with van der Waals surface area (Å²) >= 11 is 0. The maximum atomic E-state index is 13.3. The second-order valence-electron chi connectivity index (χ2n) is 2.96. The van der Waals surface area contributed by atoms with Crippen molar-refractivity contribution in [3.8, 4) is 16.9 Å². The fourth-order valence-corrected chi connectivity index (χ4v) is 1.38. The lowest BCUT2D eigenvalue weighted by atomic mass is 10.1. The summed E-state index contributed by atoms with van der Waals surface area (Å²) < 4.78 is 31.2. The molecule has 1 N–H and O–H groups in total. The molecule has 0 spiro atoms. The molecule has 5 heteroatoms. The molecule has 0 unspecified atom stereocenters. The smallest absolute Gasteiger partial charge is 0.168 e. The third-order valence-electron chi connectivity index (χ3n) is 2.02. The molecule has 0 saturated heterocycles. The van der Waals surface area contributed by atoms with Crippen LogP contribution in [0, 0.1) is 11.6 Å². The van der Waals surface area contributed by atoms with Crippen molar-refractivity contribution in [1.82, 2.24) is 10.2 Å². The normalized spacial score (nSPS) is 10.3. The Morgan fingerprint density at radius 1 is 1.33 bits per heavy atom. The Kier molecular flexibility index (Phi) is 2.37. The van der Waals surface area contributed by atoms with Gasteiger partial charge in [0.25, 0.3) is 0 Å². The maximum absolute atomic E-state index is 13.3. The van der Waals surface area contributed by atoms with Crippen LogP contribution in [0.3, 0.4) is 0 Å². The zero-order valence-electron chi connectivity index (χ0n) is 7.92. The lowest BCUT2D eigenvalue weighted by Gasteiger charge is -2.07. The molecule has 78 valence electrons. The van der Waals surface area contributed by atoms with Crippen molar-refractivity contribution < 1.29 is 13.5 Å². The Labute approximate surface area is 84.7 Å². The van der Waals surface area contributed by atoms with E-state index in [0.717, 1.165) is 6.07 Å². The fraction of sp³-hybridized carbons (Fsp3) is 0.100. The third kappa shape index (κ3) is 1.68. The number of rotatable bonds is 2. The van der Waals surface area contributed by atoms with E-state index in [1.807, 2.05) is 0 Å². The molecule has 0 bridgehead atoms. The average molecular weight is 210 g/mol. The van der Waals surface area contributed by atoms with Gasteiger partial charge in [0.1, 0.15) is 5.82 Å². The Hall–Kier alpha value is -1.91. The van der Waals surface area contributed by atoms with E-state index < -0.39 is 11.6 Å². The zero-order valence-corrected chi connectivity index (χ0v) is 7.92. The summed E-state index contributed by atoms with van der Waals surface area (Å²) in [5.41, 5.74) is 0.911. The molecule has 0 aliphatic heterocycles. The molecule has 0 aliphatic carbocycles. The molecule has 0 saturated carbocycles. The standard InChI is InChI=1S/C10H8F2N2O/c1-15-10-8(6-4-13-14-5-6)2-7(11)3-9(10)12/h2-5H,1H3,(H,13,14). The molecule has 0 fully saturated rings. The molecular weight excluding hydrogens is 202 g/mol. The van der Waals surface area contributed by atoms with Gasteiger partial charge < -0.3 is 4.74 Å². The summed E-state index contributed by atoms with van der Waals surface area (Å²) in [5, 5.41) is 6.28. The molecule has 2 rings (SSSR count). The monoisotopic (exact) mass is 210 g/mol. The van der Waals surface area contributed by atoms with Crippen LogP contribution >= 0.6 is 0 Å². The second-order valence-corrected chi connectivity index (χ2v) is 2.96. The molecule has 0 amide bonds. The number of H-pyrrole nitrogens is 1. The molecule has 1 heterocycles. The third-order valence-corrected chi connectivity index (χ3v) is 2.02. The SMILES string of the molecule is COc1c(F)cc(F)cc1-c1cn[nH]c1. The van der Waals surface area contributed by atoms with Crippen molar-refractivity contribution in [1.29, 1.82) is 0 Å². The summed E-state index contributed by atoms with van der Waals surface area (Å²) in [6.45, 7) is 0. The van der Waals surface area contributed by atoms with Gasteiger partial charge in [-0.15, -0.1) is 0 Å². The first-order chi connectivity index (χ1) is 7.22. The topological polar surface area (TPSA) is 37.9 Å². The summed E-state index contributed by atoms with van der Waals surface area (Å²) in [7, 11) is 1.33. The van der Waals surface area contributed by atoms with E-state index in [0.29, 0.717) is 11.1 Å². The number of benzene rings is 1. The van der Waals surface area contributed by atoms with Crippen molar-refractivity contribution in [2.75, 3.05) is 7.11 Å². The molecule has 15 heavy (non-hydrogen) atoms. The van der Waals surface area contributed by atoms with Crippen LogP contribution in [0.1, 0.15) is 0 Å². The van der Waals surface area contributed by atoms with Crippen molar-refractivity contribution in [2.45, 2.75) is 0 Å². The molecule has 0 radical (unpaired) electrons. The summed E-state index contributed by atoms with van der Waals surface area (Å²) in [5.74, 6) is -1.36. The molecule has 2 aromatic rings. The number of methoxy groups -OCH3 is 1. The van der Waals surface area contributed by atoms with E-state index >= 15 is 0 Å². The minimum Gasteiger partial charge on any atom is -0.493 e. The molecular formula is C10H8F2N2O. The number of aromatic amines is 1. The number of halogens is 2. The van der Waals surface area contributed by atoms with Crippen LogP contribution in [0.25, 0.3) is 11.1 Å². The minimum absolute atomic E-state index is 0.0119. The Morgan fingerprint density at radius 3 is 2.73 bits per heavy atom. The average Bonchev–Trinajstić information content (AvgIpc) is 2.69. The predicted molar refractivity (Wildman–Crippen MR) is 50.5 cm³/mol. The van der Waals surface area contributed by atoms with Crippen LogP contribution in [0.2, 0.25) is 0 Å². The lowest BCUT2D eigenvalue weighted by molar-refractivity contribution is 0.386. The van der Waals surface area contributed by atoms with Gasteiger partial charge in [-0.1, -0.05) is 0 Å². The molecule has 3 nitrogen and oxygen atoms in total. The second kappa shape index (κ2) is 3.68. The van der Waals surface area contributed by atoms with Gasteiger partial charge in [-0.05, 0) is 6.07 Å². The van der Waals surface area contributed by atoms with Crippen molar-refractivity contribution in [2.24, 2.45) is 0 Å². The van der Waals surface area contributed by atoms with Gasteiger partial charge in [0.05, 0.1) is 13.3 Å². The van der Waals surface area contributed by atoms with E-state index in [1.54, 1.807) is 0 Å². The van der Waals surface area contributed by atoms with Gasteiger partial charge in [0, 0.05) is 23.4 Å². The first-order valence-corrected chi connectivity index (χ1v) is 4.24. The first-order valence-electron chi connectivity index (χ1n) is 4.24. The van der Waals surface area contributed by atoms with Gasteiger partial charge in [-0.3, -0.25) is 5.10 Å². The number of hydrogen-bond acceptors (Lipinski definition) is 2. The number of aromatic nitrogens is 2. The highest BCUT2D eigenvalue weighted by molar-refractivity contribution is 5.69. The predicted octanol–water partition coefficient (Wildman–Crippen LogP) is 2.36. The summed E-state index contributed by atoms with van der Waals surface area (Å²) in [6, 6.07) is 1.98. The van der Waals surface area contributed by atoms with Crippen LogP contribution in [-0.4, -0.2) is 17.3 Å². The van der Waals surface area contributed by atoms with Crippen LogP contribution in [-0.2, 0) is 0 Å². The molecule has 1 aromatic heterocycles. The Morgan fingerprint density at radius 2 is 2.13 bits per heavy atom. The zero-order chi connectivity index (χ0) is 10.8. The van der Waals surface area contributed by atoms with Crippen LogP contribution in [0.5, 0.6) is 5.75 Å². The quantitative estimate of drug-likeness (QED) is 0.826. The molecule has 0 atom stereocenters. The first kappa shape index (κ1) is 9.64. The van der Waals surface area contributed by atoms with E-state index in [2.05, 4.69) is 10.2 Å². The van der Waals surface area contributed by atoms with Gasteiger partial charge >= 0.3 is 0 Å². The Balaban J connectivity index is 2.64. The molecule has 0 aliphatic rings. The summed E-state index contributed by atoms with van der Waals surface area (Å²) in [4.78, 5) is 0. The van der Waals surface area contributed by atoms with E-state index in [9.17, 15) is 8.78 Å². The number of hydrogen-bond donors (Lipinski definition) is 1. The van der Waals surface area contributed by atoms with Crippen molar-refractivity contribution in [3.05, 3.63) is 36.2 Å². The fourth-order valence-electron chi connectivity index (χ4n) is 1.38. The number of ether oxygens (including phenoxy) is 1. The highest BCUT2D eigenvalue weighted by atomic mass is 19.1. The number of nitrogens with one attached hydrogen (secondary N) is 1. The van der Waals surface area contributed by atoms with Crippen LogP contribution in [0.15, 0.2) is 24.5 Å². The van der Waals surface area contributed by atoms with E-state index in [1.165, 1.54) is 25.6 Å². The maximum Gasteiger partial charge on any atom is 0.168 e. The van der Waals surface area contributed by atoms with Crippen LogP contribution < -0.4 is 4.74 Å². The minimum atomic E-state index is -0.728. The molecule has 1 aromatic carbocycles. The van der Waals surface area contributed by atoms with Crippen LogP contribution in [0.4, 0.5) is 8.78 Å². The van der Waals surface area contributed by atoms with Gasteiger partial charge in [-0.2, -0.15) is 5.10 Å². The summed E-state index contributed by atoms with van der Waals surface area (Å²) in [6.07, 6.45) is 3.01. The van der Waals surface area contributed by atoms with Crippen molar-refractivity contribution in [3.63, 3.8) is 0 Å². The van der Waals surface area contributed by atoms with Crippen molar-refractivity contribution >= 4 is 0 Å². The number of nitrogens with zero attached hydrogens (tertiary/aromatic N) is 1. The van der Waals surface area contributed by atoms with E-state index in [4.69, 9.17) is 4.74 Å². The van der Waals surface area contributed by atoms with Gasteiger partial charge in [-0.25, -0.2) is 8.78 Å². The van der Waals surface area contributed by atoms with E-state index in [-0.39, 0.29) is 5.75 Å². The van der Waals surface area contributed by atoms with Gasteiger partial charge in [0.15, 0.2) is 11.6 Å². The lowest BCUT2D eigenvalue weighted by Crippen LogP contribution is -1.93.